The van der Waals surface area contributed by atoms with Crippen molar-refractivity contribution < 1.29 is 4.39 Å². The molecule has 3 unspecified atom stereocenters. The second-order valence-electron chi connectivity index (χ2n) is 5.00. The summed E-state index contributed by atoms with van der Waals surface area (Å²) >= 11 is 1.67. The Kier molecular flexibility index (Phi) is 4.46. The van der Waals surface area contributed by atoms with Crippen LogP contribution in [0.3, 0.4) is 0 Å². The molecule has 1 nitrogen and oxygen atoms in total. The van der Waals surface area contributed by atoms with Crippen molar-refractivity contribution in [2.75, 3.05) is 6.54 Å². The van der Waals surface area contributed by atoms with E-state index in [1.807, 2.05) is 12.1 Å². The van der Waals surface area contributed by atoms with Gasteiger partial charge in [0.05, 0.1) is 0 Å². The van der Waals surface area contributed by atoms with Crippen molar-refractivity contribution in [3.8, 4) is 0 Å². The molecule has 0 aromatic heterocycles. The van der Waals surface area contributed by atoms with Crippen LogP contribution >= 0.6 is 11.8 Å². The molecule has 94 valence electrons. The van der Waals surface area contributed by atoms with Crippen molar-refractivity contribution in [3.63, 3.8) is 0 Å². The maximum absolute atomic E-state index is 13.6. The molecule has 0 amide bonds. The average Bonchev–Trinajstić information content (AvgIpc) is 2.32. The number of nitrogens with two attached hydrogens (primary N) is 1. The van der Waals surface area contributed by atoms with E-state index in [0.29, 0.717) is 11.2 Å². The monoisotopic (exact) mass is 253 g/mol. The van der Waals surface area contributed by atoms with Crippen molar-refractivity contribution >= 4 is 11.8 Å². The Labute approximate surface area is 107 Å². The number of benzene rings is 1. The summed E-state index contributed by atoms with van der Waals surface area (Å²) in [5, 5.41) is 0.473. The number of hydrogen-bond acceptors (Lipinski definition) is 2. The molecule has 0 aliphatic heterocycles. The van der Waals surface area contributed by atoms with Crippen molar-refractivity contribution in [2.24, 2.45) is 17.6 Å². The van der Waals surface area contributed by atoms with Crippen LogP contribution in [0.15, 0.2) is 29.2 Å². The van der Waals surface area contributed by atoms with Gasteiger partial charge >= 0.3 is 0 Å². The third kappa shape index (κ3) is 3.23. The first-order valence-electron chi connectivity index (χ1n) is 6.32. The van der Waals surface area contributed by atoms with E-state index in [-0.39, 0.29) is 5.82 Å². The number of hydrogen-bond donors (Lipinski definition) is 1. The zero-order valence-corrected chi connectivity index (χ0v) is 11.0. The van der Waals surface area contributed by atoms with Crippen molar-refractivity contribution in [3.05, 3.63) is 30.1 Å². The van der Waals surface area contributed by atoms with Crippen LogP contribution in [0.2, 0.25) is 0 Å². The van der Waals surface area contributed by atoms with Crippen molar-refractivity contribution in [1.29, 1.82) is 0 Å². The molecule has 0 radical (unpaired) electrons. The van der Waals surface area contributed by atoms with Gasteiger partial charge in [0.2, 0.25) is 0 Å². The fraction of sp³-hybridized carbons (Fsp3) is 0.571. The van der Waals surface area contributed by atoms with Crippen LogP contribution in [0.25, 0.3) is 0 Å². The first kappa shape index (κ1) is 12.9. The van der Waals surface area contributed by atoms with E-state index >= 15 is 0 Å². The van der Waals surface area contributed by atoms with Gasteiger partial charge in [-0.25, -0.2) is 4.39 Å². The molecule has 0 spiro atoms. The van der Waals surface area contributed by atoms with Crippen LogP contribution in [0.1, 0.15) is 26.2 Å². The summed E-state index contributed by atoms with van der Waals surface area (Å²) in [6, 6.07) is 7.04. The van der Waals surface area contributed by atoms with E-state index in [1.165, 1.54) is 18.9 Å². The maximum Gasteiger partial charge on any atom is 0.136 e. The highest BCUT2D eigenvalue weighted by atomic mass is 32.2. The molecule has 2 rings (SSSR count). The lowest BCUT2D eigenvalue weighted by molar-refractivity contribution is 0.306. The molecule has 2 N–H and O–H groups in total. The first-order chi connectivity index (χ1) is 8.20. The molecule has 0 saturated heterocycles. The molecule has 0 heterocycles. The smallest absolute Gasteiger partial charge is 0.136 e. The second kappa shape index (κ2) is 5.87. The Hall–Kier alpha value is -0.540. The third-order valence-corrected chi connectivity index (χ3v) is 5.07. The molecular formula is C14H20FNS. The van der Waals surface area contributed by atoms with E-state index in [2.05, 4.69) is 6.92 Å². The predicted octanol–water partition coefficient (Wildman–Crippen LogP) is 3.68. The van der Waals surface area contributed by atoms with Crippen LogP contribution in [0.5, 0.6) is 0 Å². The van der Waals surface area contributed by atoms with Gasteiger partial charge in [0.15, 0.2) is 0 Å². The Balaban J connectivity index is 2.07. The van der Waals surface area contributed by atoms with Crippen molar-refractivity contribution in [2.45, 2.75) is 36.3 Å². The summed E-state index contributed by atoms with van der Waals surface area (Å²) < 4.78 is 13.6. The zero-order valence-electron chi connectivity index (χ0n) is 10.2. The van der Waals surface area contributed by atoms with Crippen LogP contribution in [-0.4, -0.2) is 11.8 Å². The predicted molar refractivity (Wildman–Crippen MR) is 71.6 cm³/mol. The van der Waals surface area contributed by atoms with Gasteiger partial charge in [0.25, 0.3) is 0 Å². The van der Waals surface area contributed by atoms with Gasteiger partial charge in [-0.1, -0.05) is 25.5 Å². The van der Waals surface area contributed by atoms with E-state index < -0.39 is 0 Å². The molecule has 1 aromatic carbocycles. The molecule has 3 atom stereocenters. The molecule has 1 aromatic rings. The van der Waals surface area contributed by atoms with Crippen LogP contribution in [-0.2, 0) is 0 Å². The fourth-order valence-corrected chi connectivity index (χ4v) is 4.04. The summed E-state index contributed by atoms with van der Waals surface area (Å²) in [5.41, 5.74) is 5.82. The van der Waals surface area contributed by atoms with Crippen LogP contribution < -0.4 is 5.73 Å². The lowest BCUT2D eigenvalue weighted by Gasteiger charge is -2.33. The molecule has 0 bridgehead atoms. The molecule has 17 heavy (non-hydrogen) atoms. The van der Waals surface area contributed by atoms with Gasteiger partial charge in [0, 0.05) is 10.1 Å². The highest BCUT2D eigenvalue weighted by Crippen LogP contribution is 2.39. The quantitative estimate of drug-likeness (QED) is 0.889. The Morgan fingerprint density at radius 2 is 2.12 bits per heavy atom. The number of thioether (sulfide) groups is 1. The normalized spacial score (nSPS) is 29.2. The summed E-state index contributed by atoms with van der Waals surface area (Å²) in [5.74, 6) is 1.17. The second-order valence-corrected chi connectivity index (χ2v) is 6.28. The standard InChI is InChI=1S/C14H20FNS/c1-10-6-7-11(9-16)14(8-10)17-13-5-3-2-4-12(13)15/h2-5,10-11,14H,6-9,16H2,1H3. The van der Waals surface area contributed by atoms with E-state index in [4.69, 9.17) is 5.73 Å². The van der Waals surface area contributed by atoms with Crippen molar-refractivity contribution in [1.82, 2.24) is 0 Å². The largest absolute Gasteiger partial charge is 0.330 e. The average molecular weight is 253 g/mol. The van der Waals surface area contributed by atoms with Gasteiger partial charge in [0.1, 0.15) is 5.82 Å². The van der Waals surface area contributed by atoms with Gasteiger partial charge in [-0.3, -0.25) is 0 Å². The fourth-order valence-electron chi connectivity index (χ4n) is 2.51. The van der Waals surface area contributed by atoms with E-state index in [0.717, 1.165) is 23.8 Å². The summed E-state index contributed by atoms with van der Waals surface area (Å²) in [4.78, 5) is 0.769. The number of rotatable bonds is 3. The lowest BCUT2D eigenvalue weighted by Crippen LogP contribution is -2.31. The Bertz CT molecular complexity index is 369. The summed E-state index contributed by atoms with van der Waals surface area (Å²) in [7, 11) is 0. The van der Waals surface area contributed by atoms with Gasteiger partial charge < -0.3 is 5.73 Å². The topological polar surface area (TPSA) is 26.0 Å². The Morgan fingerprint density at radius 3 is 2.82 bits per heavy atom. The number of halogens is 1. The SMILES string of the molecule is CC1CCC(CN)C(Sc2ccccc2F)C1. The molecule has 1 aliphatic rings. The molecule has 1 saturated carbocycles. The van der Waals surface area contributed by atoms with Crippen LogP contribution in [0, 0.1) is 17.7 Å². The summed E-state index contributed by atoms with van der Waals surface area (Å²) in [6.07, 6.45) is 3.60. The zero-order chi connectivity index (χ0) is 12.3. The minimum atomic E-state index is -0.105. The third-order valence-electron chi connectivity index (χ3n) is 3.61. The lowest BCUT2D eigenvalue weighted by atomic mass is 9.82. The van der Waals surface area contributed by atoms with Crippen LogP contribution in [0.4, 0.5) is 4.39 Å². The van der Waals surface area contributed by atoms with E-state index in [1.54, 1.807) is 17.8 Å². The van der Waals surface area contributed by atoms with Gasteiger partial charge in [-0.05, 0) is 43.4 Å². The molecule has 1 fully saturated rings. The minimum absolute atomic E-state index is 0.105. The van der Waals surface area contributed by atoms with E-state index in [9.17, 15) is 4.39 Å². The maximum atomic E-state index is 13.6. The highest BCUT2D eigenvalue weighted by molar-refractivity contribution is 8.00. The molecule has 3 heteroatoms. The van der Waals surface area contributed by atoms with Gasteiger partial charge in [-0.2, -0.15) is 0 Å². The first-order valence-corrected chi connectivity index (χ1v) is 7.20. The molecule has 1 aliphatic carbocycles. The molecular weight excluding hydrogens is 233 g/mol. The Morgan fingerprint density at radius 1 is 1.35 bits per heavy atom. The summed E-state index contributed by atoms with van der Waals surface area (Å²) in [6.45, 7) is 3.00. The van der Waals surface area contributed by atoms with Gasteiger partial charge in [-0.15, -0.1) is 11.8 Å². The minimum Gasteiger partial charge on any atom is -0.330 e. The highest BCUT2D eigenvalue weighted by Gasteiger charge is 2.28.